The van der Waals surface area contributed by atoms with Crippen molar-refractivity contribution < 1.29 is 28.8 Å². The van der Waals surface area contributed by atoms with Gasteiger partial charge in [-0.2, -0.15) is 0 Å². The fraction of sp³-hybridized carbons (Fsp3) is 0.679. The fourth-order valence-corrected chi connectivity index (χ4v) is 4.49. The molecule has 0 amide bonds. The second-order valence-electron chi connectivity index (χ2n) is 9.38. The number of aliphatic hydroxyl groups is 1. The maximum absolute atomic E-state index is 12.6. The Morgan fingerprint density at radius 3 is 2.76 bits per heavy atom. The number of carbonyl (C=O) groups excluding carboxylic acids is 1. The average Bonchev–Trinajstić information content (AvgIpc) is 2.84. The molecule has 0 spiro atoms. The van der Waals surface area contributed by atoms with Crippen LogP contribution in [-0.4, -0.2) is 56.0 Å². The molecular weight excluding hydrogens is 432 g/mol. The van der Waals surface area contributed by atoms with Crippen LogP contribution in [0, 0.1) is 5.92 Å². The maximum Gasteiger partial charge on any atom is 0.332 e. The summed E-state index contributed by atoms with van der Waals surface area (Å²) < 4.78 is 22.4. The predicted molar refractivity (Wildman–Crippen MR) is 134 cm³/mol. The van der Waals surface area contributed by atoms with Crippen molar-refractivity contribution in [3.05, 3.63) is 49.1 Å². The van der Waals surface area contributed by atoms with Crippen LogP contribution in [0.4, 0.5) is 0 Å². The van der Waals surface area contributed by atoms with Gasteiger partial charge in [0.15, 0.2) is 0 Å². The monoisotopic (exact) mass is 476 g/mol. The summed E-state index contributed by atoms with van der Waals surface area (Å²) in [6.07, 6.45) is 18.0. The molecule has 1 aliphatic carbocycles. The Hall–Kier alpha value is -1.73. The summed E-state index contributed by atoms with van der Waals surface area (Å²) in [5.74, 6) is 0.0155. The summed E-state index contributed by atoms with van der Waals surface area (Å²) in [6.45, 7) is 8.05. The number of ether oxygens (including phenoxy) is 4. The zero-order valence-electron chi connectivity index (χ0n) is 20.9. The van der Waals surface area contributed by atoms with Gasteiger partial charge in [-0.25, -0.2) is 4.79 Å². The minimum absolute atomic E-state index is 0.101. The number of esters is 1. The lowest BCUT2D eigenvalue weighted by Gasteiger charge is -2.23. The Bertz CT molecular complexity index is 664. The van der Waals surface area contributed by atoms with Crippen molar-refractivity contribution in [2.24, 2.45) is 5.92 Å². The van der Waals surface area contributed by atoms with Crippen LogP contribution in [0.5, 0.6) is 0 Å². The number of cyclic esters (lactones) is 1. The molecule has 0 aromatic heterocycles. The summed E-state index contributed by atoms with van der Waals surface area (Å²) in [6, 6.07) is 0. The molecule has 2 rings (SSSR count). The number of allylic oxidation sites excluding steroid dienone is 1. The largest absolute Gasteiger partial charge is 0.457 e. The summed E-state index contributed by atoms with van der Waals surface area (Å²) >= 11 is 0. The van der Waals surface area contributed by atoms with Gasteiger partial charge in [-0.15, -0.1) is 6.58 Å². The van der Waals surface area contributed by atoms with Gasteiger partial charge in [0.2, 0.25) is 0 Å². The van der Waals surface area contributed by atoms with Gasteiger partial charge in [0.1, 0.15) is 25.6 Å². The van der Waals surface area contributed by atoms with E-state index in [9.17, 15) is 9.90 Å². The Kier molecular flexibility index (Phi) is 14.1. The van der Waals surface area contributed by atoms with Crippen LogP contribution in [-0.2, 0) is 23.7 Å². The smallest absolute Gasteiger partial charge is 0.332 e. The first-order chi connectivity index (χ1) is 16.5. The van der Waals surface area contributed by atoms with E-state index in [1.165, 1.54) is 19.3 Å². The summed E-state index contributed by atoms with van der Waals surface area (Å²) in [7, 11) is 1.59. The zero-order chi connectivity index (χ0) is 24.6. The lowest BCUT2D eigenvalue weighted by atomic mass is 9.88. The van der Waals surface area contributed by atoms with Gasteiger partial charge in [-0.3, -0.25) is 0 Å². The third kappa shape index (κ3) is 11.6. The van der Waals surface area contributed by atoms with Gasteiger partial charge in [0.05, 0.1) is 12.2 Å². The van der Waals surface area contributed by atoms with Crippen molar-refractivity contribution >= 4 is 5.97 Å². The van der Waals surface area contributed by atoms with Crippen molar-refractivity contribution in [1.82, 2.24) is 0 Å². The van der Waals surface area contributed by atoms with E-state index in [2.05, 4.69) is 19.2 Å². The van der Waals surface area contributed by atoms with Gasteiger partial charge in [-0.05, 0) is 50.9 Å². The van der Waals surface area contributed by atoms with Crippen LogP contribution in [0.2, 0.25) is 0 Å². The molecule has 1 saturated carbocycles. The molecule has 1 N–H and O–H groups in total. The zero-order valence-corrected chi connectivity index (χ0v) is 20.9. The molecule has 1 fully saturated rings. The van der Waals surface area contributed by atoms with Gasteiger partial charge in [-0.1, -0.05) is 61.8 Å². The van der Waals surface area contributed by atoms with E-state index in [-0.39, 0.29) is 25.6 Å². The molecule has 0 saturated heterocycles. The molecule has 6 nitrogen and oxygen atoms in total. The molecule has 192 valence electrons. The third-order valence-electron chi connectivity index (χ3n) is 6.43. The molecule has 34 heavy (non-hydrogen) atoms. The second-order valence-corrected chi connectivity index (χ2v) is 9.38. The predicted octanol–water partition coefficient (Wildman–Crippen LogP) is 5.42. The second kappa shape index (κ2) is 16.8. The van der Waals surface area contributed by atoms with E-state index in [0.717, 1.165) is 37.7 Å². The van der Waals surface area contributed by atoms with Crippen LogP contribution in [0.3, 0.4) is 0 Å². The molecule has 0 bridgehead atoms. The van der Waals surface area contributed by atoms with E-state index in [0.29, 0.717) is 25.2 Å². The molecule has 1 heterocycles. The SMILES string of the molecule is C=CC[C@H]1CCCC(=C)CC(OCOC)/C=C/CC(C(O)/C=C/C2CCCCC2)OC(=O)CO1. The van der Waals surface area contributed by atoms with Crippen LogP contribution in [0.1, 0.15) is 70.6 Å². The van der Waals surface area contributed by atoms with Crippen LogP contribution in [0.15, 0.2) is 49.1 Å². The Balaban J connectivity index is 2.12. The molecule has 4 atom stereocenters. The number of carbonyl (C=O) groups is 1. The Morgan fingerprint density at radius 2 is 2.03 bits per heavy atom. The van der Waals surface area contributed by atoms with Gasteiger partial charge < -0.3 is 24.1 Å². The van der Waals surface area contributed by atoms with Crippen molar-refractivity contribution in [1.29, 1.82) is 0 Å². The van der Waals surface area contributed by atoms with Gasteiger partial charge in [0, 0.05) is 13.5 Å². The van der Waals surface area contributed by atoms with Crippen LogP contribution >= 0.6 is 0 Å². The molecule has 0 aromatic carbocycles. The van der Waals surface area contributed by atoms with Crippen molar-refractivity contribution in [3.8, 4) is 0 Å². The number of hydrogen-bond acceptors (Lipinski definition) is 6. The first-order valence-electron chi connectivity index (χ1n) is 12.7. The molecular formula is C28H44O6. The van der Waals surface area contributed by atoms with Crippen LogP contribution in [0.25, 0.3) is 0 Å². The fourth-order valence-electron chi connectivity index (χ4n) is 4.49. The highest BCUT2D eigenvalue weighted by Crippen LogP contribution is 2.25. The lowest BCUT2D eigenvalue weighted by Crippen LogP contribution is -2.32. The highest BCUT2D eigenvalue weighted by atomic mass is 16.7. The van der Waals surface area contributed by atoms with E-state index in [1.54, 1.807) is 19.3 Å². The molecule has 1 aliphatic heterocycles. The van der Waals surface area contributed by atoms with E-state index in [4.69, 9.17) is 18.9 Å². The van der Waals surface area contributed by atoms with Gasteiger partial charge >= 0.3 is 5.97 Å². The lowest BCUT2D eigenvalue weighted by molar-refractivity contribution is -0.160. The van der Waals surface area contributed by atoms with E-state index in [1.807, 2.05) is 12.2 Å². The summed E-state index contributed by atoms with van der Waals surface area (Å²) in [5, 5.41) is 10.8. The Morgan fingerprint density at radius 1 is 1.24 bits per heavy atom. The maximum atomic E-state index is 12.6. The van der Waals surface area contributed by atoms with E-state index >= 15 is 0 Å². The standard InChI is InChI=1S/C28H44O6/c1-4-10-24-14-8-11-22(2)19-25(33-21-31-3)15-9-16-27(34-28(30)20-32-24)26(29)18-17-23-12-6-5-7-13-23/h4,9,15,17-18,23-27,29H,1-2,5-8,10-14,16,19-21H2,3H3/b15-9+,18-17+/t24-,25?,26?,27?/m0/s1. The highest BCUT2D eigenvalue weighted by Gasteiger charge is 2.23. The normalized spacial score (nSPS) is 28.6. The highest BCUT2D eigenvalue weighted by molar-refractivity contribution is 5.71. The number of rotatable bonds is 8. The third-order valence-corrected chi connectivity index (χ3v) is 6.43. The van der Waals surface area contributed by atoms with Crippen molar-refractivity contribution in [2.75, 3.05) is 20.5 Å². The minimum Gasteiger partial charge on any atom is -0.457 e. The topological polar surface area (TPSA) is 74.2 Å². The van der Waals surface area contributed by atoms with E-state index < -0.39 is 18.2 Å². The number of methoxy groups -OCH3 is 1. The first-order valence-corrected chi connectivity index (χ1v) is 12.7. The minimum atomic E-state index is -0.886. The van der Waals surface area contributed by atoms with Crippen molar-refractivity contribution in [3.63, 3.8) is 0 Å². The molecule has 0 aromatic rings. The molecule has 3 unspecified atom stereocenters. The average molecular weight is 477 g/mol. The molecule has 2 aliphatic rings. The van der Waals surface area contributed by atoms with Crippen molar-refractivity contribution in [2.45, 2.75) is 95.0 Å². The summed E-state index contributed by atoms with van der Waals surface area (Å²) in [5.41, 5.74) is 1.09. The summed E-state index contributed by atoms with van der Waals surface area (Å²) in [4.78, 5) is 12.6. The molecule has 6 heteroatoms. The number of aliphatic hydroxyl groups excluding tert-OH is 1. The number of hydrogen-bond donors (Lipinski definition) is 1. The molecule has 0 radical (unpaired) electrons. The quantitative estimate of drug-likeness (QED) is 0.286. The van der Waals surface area contributed by atoms with Crippen LogP contribution < -0.4 is 0 Å². The van der Waals surface area contributed by atoms with Gasteiger partial charge in [0.25, 0.3) is 0 Å². The first kappa shape index (κ1) is 28.5. The Labute approximate surface area is 205 Å².